The Hall–Kier alpha value is -3.35. The molecule has 7 nitrogen and oxygen atoms in total. The first-order chi connectivity index (χ1) is 14.0. The Kier molecular flexibility index (Phi) is 7.21. The van der Waals surface area contributed by atoms with E-state index in [1.807, 2.05) is 12.1 Å². The van der Waals surface area contributed by atoms with Crippen molar-refractivity contribution in [2.75, 3.05) is 0 Å². The standard InChI is InChI=1S/C23H28N2O5/c1-14(24-21(28)16-7-9-17(10-8-16)23(2,3)4)20(27)25-19(22(29)30)13-15-5-11-18(26)12-6-15/h5-12,14,19,26H,13H2,1-4H3,(H,24,28)(H,25,27)(H,29,30)/p-1/t14-,19+/m0/s1. The third kappa shape index (κ3) is 6.34. The van der Waals surface area contributed by atoms with Gasteiger partial charge < -0.3 is 25.6 Å². The minimum Gasteiger partial charge on any atom is -0.548 e. The smallest absolute Gasteiger partial charge is 0.251 e. The summed E-state index contributed by atoms with van der Waals surface area (Å²) >= 11 is 0. The first kappa shape index (κ1) is 22.9. The number of hydrogen-bond acceptors (Lipinski definition) is 5. The number of carboxylic acid groups (broad SMARTS) is 1. The summed E-state index contributed by atoms with van der Waals surface area (Å²) in [4.78, 5) is 36.2. The predicted molar refractivity (Wildman–Crippen MR) is 111 cm³/mol. The summed E-state index contributed by atoms with van der Waals surface area (Å²) in [5.41, 5.74) is 2.05. The van der Waals surface area contributed by atoms with Gasteiger partial charge in [-0.3, -0.25) is 9.59 Å². The number of nitrogens with one attached hydrogen (secondary N) is 2. The molecular weight excluding hydrogens is 384 g/mol. The molecule has 0 unspecified atom stereocenters. The molecule has 0 radical (unpaired) electrons. The van der Waals surface area contributed by atoms with Gasteiger partial charge in [0.25, 0.3) is 5.91 Å². The highest BCUT2D eigenvalue weighted by Gasteiger charge is 2.21. The van der Waals surface area contributed by atoms with Crippen LogP contribution in [0, 0.1) is 0 Å². The van der Waals surface area contributed by atoms with Gasteiger partial charge in [0.15, 0.2) is 0 Å². The highest BCUT2D eigenvalue weighted by atomic mass is 16.4. The third-order valence-corrected chi connectivity index (χ3v) is 4.73. The second-order valence-corrected chi connectivity index (χ2v) is 8.27. The van der Waals surface area contributed by atoms with E-state index in [1.165, 1.54) is 19.1 Å². The van der Waals surface area contributed by atoms with E-state index in [4.69, 9.17) is 0 Å². The normalized spacial score (nSPS) is 13.2. The summed E-state index contributed by atoms with van der Waals surface area (Å²) in [6, 6.07) is 10.9. The van der Waals surface area contributed by atoms with E-state index >= 15 is 0 Å². The zero-order chi connectivity index (χ0) is 22.5. The van der Waals surface area contributed by atoms with Crippen molar-refractivity contribution in [1.82, 2.24) is 10.6 Å². The molecule has 2 aromatic rings. The molecule has 30 heavy (non-hydrogen) atoms. The number of phenolic OH excluding ortho intramolecular Hbond substituents is 1. The fourth-order valence-corrected chi connectivity index (χ4v) is 2.82. The molecule has 3 N–H and O–H groups in total. The molecule has 7 heteroatoms. The monoisotopic (exact) mass is 411 g/mol. The van der Waals surface area contributed by atoms with Crippen molar-refractivity contribution in [3.05, 3.63) is 65.2 Å². The molecule has 0 aliphatic carbocycles. The van der Waals surface area contributed by atoms with E-state index in [0.29, 0.717) is 11.1 Å². The molecule has 0 aliphatic rings. The Morgan fingerprint density at radius 3 is 2.03 bits per heavy atom. The maximum atomic E-state index is 12.4. The van der Waals surface area contributed by atoms with Gasteiger partial charge in [-0.05, 0) is 54.2 Å². The largest absolute Gasteiger partial charge is 0.548 e. The number of amides is 2. The van der Waals surface area contributed by atoms with Gasteiger partial charge in [0.1, 0.15) is 11.8 Å². The van der Waals surface area contributed by atoms with Crippen LogP contribution < -0.4 is 15.7 Å². The van der Waals surface area contributed by atoms with Crippen molar-refractivity contribution < 1.29 is 24.6 Å². The summed E-state index contributed by atoms with van der Waals surface area (Å²) in [7, 11) is 0. The Morgan fingerprint density at radius 2 is 1.53 bits per heavy atom. The number of aromatic hydroxyl groups is 1. The van der Waals surface area contributed by atoms with Crippen LogP contribution in [-0.2, 0) is 21.4 Å². The minimum absolute atomic E-state index is 0.0106. The highest BCUT2D eigenvalue weighted by molar-refractivity contribution is 5.98. The van der Waals surface area contributed by atoms with Crippen molar-refractivity contribution in [2.24, 2.45) is 0 Å². The lowest BCUT2D eigenvalue weighted by atomic mass is 9.86. The summed E-state index contributed by atoms with van der Waals surface area (Å²) in [6.07, 6.45) is -0.0106. The fraction of sp³-hybridized carbons (Fsp3) is 0.348. The van der Waals surface area contributed by atoms with Gasteiger partial charge in [-0.25, -0.2) is 0 Å². The number of carboxylic acids is 1. The van der Waals surface area contributed by atoms with Crippen LogP contribution in [0.4, 0.5) is 0 Å². The molecule has 0 saturated carbocycles. The van der Waals surface area contributed by atoms with Crippen molar-refractivity contribution in [1.29, 1.82) is 0 Å². The second-order valence-electron chi connectivity index (χ2n) is 8.27. The van der Waals surface area contributed by atoms with E-state index in [9.17, 15) is 24.6 Å². The molecule has 0 aromatic heterocycles. The molecular formula is C23H27N2O5-. The van der Waals surface area contributed by atoms with Gasteiger partial charge in [0, 0.05) is 5.56 Å². The second kappa shape index (κ2) is 9.43. The van der Waals surface area contributed by atoms with Gasteiger partial charge in [-0.15, -0.1) is 0 Å². The molecule has 0 aliphatic heterocycles. The lowest BCUT2D eigenvalue weighted by Gasteiger charge is -2.23. The Balaban J connectivity index is 1.98. The maximum absolute atomic E-state index is 12.4. The number of carbonyl (C=O) groups excluding carboxylic acids is 3. The van der Waals surface area contributed by atoms with Gasteiger partial charge >= 0.3 is 0 Å². The van der Waals surface area contributed by atoms with Crippen LogP contribution in [0.2, 0.25) is 0 Å². The quantitative estimate of drug-likeness (QED) is 0.634. The van der Waals surface area contributed by atoms with Gasteiger partial charge in [0.2, 0.25) is 5.91 Å². The molecule has 0 fully saturated rings. The fourth-order valence-electron chi connectivity index (χ4n) is 2.82. The molecule has 2 amide bonds. The average Bonchev–Trinajstić information content (AvgIpc) is 2.68. The summed E-state index contributed by atoms with van der Waals surface area (Å²) in [5.74, 6) is -2.45. The number of rotatable bonds is 7. The first-order valence-electron chi connectivity index (χ1n) is 9.68. The number of aliphatic carboxylic acids is 1. The maximum Gasteiger partial charge on any atom is 0.251 e. The minimum atomic E-state index is -1.44. The molecule has 160 valence electrons. The number of hydrogen-bond donors (Lipinski definition) is 3. The molecule has 2 atom stereocenters. The average molecular weight is 411 g/mol. The summed E-state index contributed by atoms with van der Waals surface area (Å²) < 4.78 is 0. The Labute approximate surface area is 176 Å². The van der Waals surface area contributed by atoms with E-state index in [0.717, 1.165) is 5.56 Å². The number of benzene rings is 2. The van der Waals surface area contributed by atoms with E-state index in [2.05, 4.69) is 31.4 Å². The number of phenols is 1. The summed E-state index contributed by atoms with van der Waals surface area (Å²) in [5, 5.41) is 25.7. The van der Waals surface area contributed by atoms with Crippen molar-refractivity contribution >= 4 is 17.8 Å². The Bertz CT molecular complexity index is 899. The molecule has 2 aromatic carbocycles. The molecule has 0 spiro atoms. The van der Waals surface area contributed by atoms with E-state index in [-0.39, 0.29) is 17.6 Å². The van der Waals surface area contributed by atoms with Crippen molar-refractivity contribution in [2.45, 2.75) is 51.6 Å². The van der Waals surface area contributed by atoms with Crippen LogP contribution in [0.25, 0.3) is 0 Å². The van der Waals surface area contributed by atoms with Crippen molar-refractivity contribution in [3.63, 3.8) is 0 Å². The molecule has 2 rings (SSSR count). The molecule has 0 heterocycles. The highest BCUT2D eigenvalue weighted by Crippen LogP contribution is 2.22. The van der Waals surface area contributed by atoms with Crippen molar-refractivity contribution in [3.8, 4) is 5.75 Å². The molecule has 0 saturated heterocycles. The molecule has 0 bridgehead atoms. The van der Waals surface area contributed by atoms with E-state index in [1.54, 1.807) is 24.3 Å². The third-order valence-electron chi connectivity index (χ3n) is 4.73. The summed E-state index contributed by atoms with van der Waals surface area (Å²) in [6.45, 7) is 7.69. The first-order valence-corrected chi connectivity index (χ1v) is 9.68. The zero-order valence-corrected chi connectivity index (χ0v) is 17.6. The Morgan fingerprint density at radius 1 is 0.967 bits per heavy atom. The predicted octanol–water partition coefficient (Wildman–Crippen LogP) is 1.29. The van der Waals surface area contributed by atoms with Crippen LogP contribution in [0.1, 0.15) is 49.2 Å². The van der Waals surface area contributed by atoms with Gasteiger partial charge in [-0.1, -0.05) is 45.0 Å². The lowest BCUT2D eigenvalue weighted by Crippen LogP contribution is -2.54. The van der Waals surface area contributed by atoms with Crippen LogP contribution in [0.5, 0.6) is 5.75 Å². The van der Waals surface area contributed by atoms with E-state index < -0.39 is 29.9 Å². The van der Waals surface area contributed by atoms with Gasteiger partial charge in [-0.2, -0.15) is 0 Å². The van der Waals surface area contributed by atoms with Crippen LogP contribution in [0.15, 0.2) is 48.5 Å². The van der Waals surface area contributed by atoms with Crippen LogP contribution in [-0.4, -0.2) is 35.0 Å². The van der Waals surface area contributed by atoms with Crippen LogP contribution in [0.3, 0.4) is 0 Å². The number of carbonyl (C=O) groups is 3. The zero-order valence-electron chi connectivity index (χ0n) is 17.6. The topological polar surface area (TPSA) is 119 Å². The SMILES string of the molecule is C[C@H](NC(=O)c1ccc(C(C)(C)C)cc1)C(=O)N[C@H](Cc1ccc(O)cc1)C(=O)[O-]. The van der Waals surface area contributed by atoms with Crippen LogP contribution >= 0.6 is 0 Å². The lowest BCUT2D eigenvalue weighted by molar-refractivity contribution is -0.308. The van der Waals surface area contributed by atoms with Gasteiger partial charge in [0.05, 0.1) is 12.0 Å².